The van der Waals surface area contributed by atoms with Gasteiger partial charge in [0.2, 0.25) is 0 Å². The van der Waals surface area contributed by atoms with Gasteiger partial charge in [0.25, 0.3) is 0 Å². The zero-order valence-corrected chi connectivity index (χ0v) is 14.4. The van der Waals surface area contributed by atoms with Crippen molar-refractivity contribution in [3.63, 3.8) is 0 Å². The highest BCUT2D eigenvalue weighted by Crippen LogP contribution is 2.48. The molecule has 1 unspecified atom stereocenters. The molecule has 0 saturated heterocycles. The van der Waals surface area contributed by atoms with E-state index in [1.807, 2.05) is 66.7 Å². The van der Waals surface area contributed by atoms with Crippen LogP contribution in [0.1, 0.15) is 34.3 Å². The molecule has 0 aliphatic carbocycles. The second kappa shape index (κ2) is 6.60. The molecule has 0 N–H and O–H groups in total. The third kappa shape index (κ3) is 2.72. The fraction of sp³-hybridized carbons (Fsp3) is 0.130. The number of Topliss-reactive ketones (excluding diaryl/α,β-unsaturated/α-hetero) is 2. The number of benzene rings is 3. The average Bonchev–Trinajstić information content (AvgIpc) is 2.68. The first kappa shape index (κ1) is 16.3. The van der Waals surface area contributed by atoms with Crippen molar-refractivity contribution >= 4 is 11.6 Å². The highest BCUT2D eigenvalue weighted by atomic mass is 16.5. The van der Waals surface area contributed by atoms with Crippen molar-refractivity contribution in [2.24, 2.45) is 5.92 Å². The first-order valence-electron chi connectivity index (χ1n) is 8.62. The summed E-state index contributed by atoms with van der Waals surface area (Å²) in [6.45, 7) is 1.49. The Balaban J connectivity index is 1.89. The number of ether oxygens (including phenoxy) is 1. The van der Waals surface area contributed by atoms with Crippen molar-refractivity contribution in [2.75, 3.05) is 0 Å². The van der Waals surface area contributed by atoms with E-state index in [1.165, 1.54) is 6.92 Å². The number of hydrogen-bond donors (Lipinski definition) is 0. The summed E-state index contributed by atoms with van der Waals surface area (Å²) >= 11 is 0. The van der Waals surface area contributed by atoms with Gasteiger partial charge in [-0.1, -0.05) is 66.7 Å². The first-order chi connectivity index (χ1) is 12.7. The van der Waals surface area contributed by atoms with Crippen LogP contribution in [-0.4, -0.2) is 11.6 Å². The number of carbonyl (C=O) groups excluding carboxylic acids is 2. The van der Waals surface area contributed by atoms with E-state index in [1.54, 1.807) is 12.1 Å². The second-order valence-electron chi connectivity index (χ2n) is 6.47. The molecule has 128 valence electrons. The summed E-state index contributed by atoms with van der Waals surface area (Å²) in [7, 11) is 0. The van der Waals surface area contributed by atoms with Crippen LogP contribution in [0.3, 0.4) is 0 Å². The lowest BCUT2D eigenvalue weighted by Gasteiger charge is -2.32. The van der Waals surface area contributed by atoms with Crippen molar-refractivity contribution in [2.45, 2.75) is 12.8 Å². The summed E-state index contributed by atoms with van der Waals surface area (Å²) in [5, 5.41) is 0. The van der Waals surface area contributed by atoms with Gasteiger partial charge >= 0.3 is 0 Å². The number of ketones is 2. The van der Waals surface area contributed by atoms with E-state index in [0.717, 1.165) is 11.1 Å². The topological polar surface area (TPSA) is 43.4 Å². The summed E-state index contributed by atoms with van der Waals surface area (Å²) in [6, 6.07) is 24.2. The molecule has 3 heteroatoms. The molecule has 3 nitrogen and oxygen atoms in total. The Kier molecular flexibility index (Phi) is 4.13. The van der Waals surface area contributed by atoms with Gasteiger partial charge in [0, 0.05) is 22.6 Å². The van der Waals surface area contributed by atoms with E-state index < -0.39 is 5.92 Å². The van der Waals surface area contributed by atoms with Crippen molar-refractivity contribution in [1.29, 1.82) is 0 Å². The number of hydrogen-bond acceptors (Lipinski definition) is 3. The lowest BCUT2D eigenvalue weighted by molar-refractivity contribution is -0.119. The fourth-order valence-electron chi connectivity index (χ4n) is 3.66. The zero-order chi connectivity index (χ0) is 18.1. The van der Waals surface area contributed by atoms with E-state index in [0.29, 0.717) is 17.1 Å². The Morgan fingerprint density at radius 3 is 1.81 bits per heavy atom. The van der Waals surface area contributed by atoms with Crippen molar-refractivity contribution in [3.05, 3.63) is 95.6 Å². The van der Waals surface area contributed by atoms with Gasteiger partial charge in [0.05, 0.1) is 5.92 Å². The van der Waals surface area contributed by atoms with Crippen LogP contribution in [0, 0.1) is 5.92 Å². The highest BCUT2D eigenvalue weighted by molar-refractivity contribution is 6.11. The molecule has 0 aromatic heterocycles. The third-order valence-corrected chi connectivity index (χ3v) is 4.84. The van der Waals surface area contributed by atoms with Crippen molar-refractivity contribution in [3.8, 4) is 11.5 Å². The molecule has 1 aliphatic rings. The molecule has 1 atom stereocenters. The van der Waals surface area contributed by atoms with E-state index in [9.17, 15) is 9.59 Å². The van der Waals surface area contributed by atoms with Crippen LogP contribution in [0.5, 0.6) is 11.5 Å². The van der Waals surface area contributed by atoms with Gasteiger partial charge in [0.15, 0.2) is 5.78 Å². The SMILES string of the molecule is CC(=O)C(C(=O)c1ccccc1)C1c2ccccc2Oc2ccccc21. The molecule has 3 aromatic carbocycles. The molecule has 26 heavy (non-hydrogen) atoms. The van der Waals surface area contributed by atoms with E-state index in [4.69, 9.17) is 4.74 Å². The summed E-state index contributed by atoms with van der Waals surface area (Å²) < 4.78 is 6.00. The minimum Gasteiger partial charge on any atom is -0.457 e. The monoisotopic (exact) mass is 342 g/mol. The summed E-state index contributed by atoms with van der Waals surface area (Å²) in [5.74, 6) is -0.0541. The molecule has 0 saturated carbocycles. The fourth-order valence-corrected chi connectivity index (χ4v) is 3.66. The van der Waals surface area contributed by atoms with Gasteiger partial charge < -0.3 is 4.74 Å². The van der Waals surface area contributed by atoms with Crippen molar-refractivity contribution in [1.82, 2.24) is 0 Å². The lowest BCUT2D eigenvalue weighted by Crippen LogP contribution is -2.31. The molecule has 1 aliphatic heterocycles. The second-order valence-corrected chi connectivity index (χ2v) is 6.47. The first-order valence-corrected chi connectivity index (χ1v) is 8.62. The van der Waals surface area contributed by atoms with E-state index in [2.05, 4.69) is 0 Å². The predicted octanol–water partition coefficient (Wildman–Crippen LogP) is 5.01. The van der Waals surface area contributed by atoms with Crippen LogP contribution in [-0.2, 0) is 4.79 Å². The molecule has 0 amide bonds. The van der Waals surface area contributed by atoms with Crippen LogP contribution in [0.25, 0.3) is 0 Å². The van der Waals surface area contributed by atoms with E-state index in [-0.39, 0.29) is 17.5 Å². The minimum absolute atomic E-state index is 0.143. The van der Waals surface area contributed by atoms with Crippen molar-refractivity contribution < 1.29 is 14.3 Å². The lowest BCUT2D eigenvalue weighted by atomic mass is 9.74. The van der Waals surface area contributed by atoms with Crippen LogP contribution >= 0.6 is 0 Å². The van der Waals surface area contributed by atoms with Crippen LogP contribution in [0.2, 0.25) is 0 Å². The number of fused-ring (bicyclic) bond motifs is 2. The largest absolute Gasteiger partial charge is 0.457 e. The molecule has 0 bridgehead atoms. The van der Waals surface area contributed by atoms with Crippen LogP contribution in [0.15, 0.2) is 78.9 Å². The number of rotatable bonds is 4. The summed E-state index contributed by atoms with van der Waals surface area (Å²) in [5.41, 5.74) is 2.29. The zero-order valence-electron chi connectivity index (χ0n) is 14.4. The quantitative estimate of drug-likeness (QED) is 0.494. The van der Waals surface area contributed by atoms with E-state index >= 15 is 0 Å². The van der Waals surface area contributed by atoms with Gasteiger partial charge in [-0.2, -0.15) is 0 Å². The Labute approximate surface area is 152 Å². The standard InChI is InChI=1S/C23H18O3/c1-15(24)21(23(25)16-9-3-2-4-10-16)22-17-11-5-7-13-19(17)26-20-14-8-6-12-18(20)22/h2-14,21-22H,1H3. The molecule has 3 aromatic rings. The van der Waals surface area contributed by atoms with Gasteiger partial charge in [-0.25, -0.2) is 0 Å². The normalized spacial score (nSPS) is 13.9. The highest BCUT2D eigenvalue weighted by Gasteiger charge is 2.39. The maximum absolute atomic E-state index is 13.2. The Morgan fingerprint density at radius 1 is 0.769 bits per heavy atom. The summed E-state index contributed by atoms with van der Waals surface area (Å²) in [4.78, 5) is 25.9. The molecule has 0 spiro atoms. The molecule has 1 heterocycles. The molecular weight excluding hydrogens is 324 g/mol. The van der Waals surface area contributed by atoms with Gasteiger partial charge in [-0.05, 0) is 19.1 Å². The number of carbonyl (C=O) groups is 2. The predicted molar refractivity (Wildman–Crippen MR) is 99.7 cm³/mol. The van der Waals surface area contributed by atoms with Crippen LogP contribution in [0.4, 0.5) is 0 Å². The molecule has 4 rings (SSSR count). The molecule has 0 radical (unpaired) electrons. The average molecular weight is 342 g/mol. The van der Waals surface area contributed by atoms with Gasteiger partial charge in [-0.15, -0.1) is 0 Å². The Bertz CT molecular complexity index is 930. The number of para-hydroxylation sites is 2. The maximum Gasteiger partial charge on any atom is 0.174 e. The smallest absolute Gasteiger partial charge is 0.174 e. The summed E-state index contributed by atoms with van der Waals surface area (Å²) in [6.07, 6.45) is 0. The van der Waals surface area contributed by atoms with Gasteiger partial charge in [0.1, 0.15) is 17.3 Å². The molecular formula is C23H18O3. The third-order valence-electron chi connectivity index (χ3n) is 4.84. The maximum atomic E-state index is 13.2. The Hall–Kier alpha value is -3.20. The van der Waals surface area contributed by atoms with Crippen LogP contribution < -0.4 is 4.74 Å². The van der Waals surface area contributed by atoms with Gasteiger partial charge in [-0.3, -0.25) is 9.59 Å². The molecule has 0 fully saturated rings. The minimum atomic E-state index is -0.788. The Morgan fingerprint density at radius 2 is 1.27 bits per heavy atom.